The van der Waals surface area contributed by atoms with Gasteiger partial charge < -0.3 is 14.6 Å². The number of aliphatic carboxylic acids is 1. The molecule has 13 heavy (non-hydrogen) atoms. The molecule has 1 fully saturated rings. The molecule has 0 spiro atoms. The Hall–Kier alpha value is -0.870. The fourth-order valence-corrected chi connectivity index (χ4v) is 0.761. The first-order chi connectivity index (χ1) is 6.04. The number of carbonyl (C=O) groups is 1. The van der Waals surface area contributed by atoms with Crippen LogP contribution in [0.3, 0.4) is 0 Å². The molecule has 0 atom stereocenters. The molecule has 1 N–H and O–H groups in total. The third kappa shape index (κ3) is 5.38. The van der Waals surface area contributed by atoms with Gasteiger partial charge in [0.1, 0.15) is 0 Å². The van der Waals surface area contributed by atoms with E-state index in [0.717, 1.165) is 25.7 Å². The average molecular weight is 188 g/mol. The van der Waals surface area contributed by atoms with Gasteiger partial charge in [-0.3, -0.25) is 0 Å². The summed E-state index contributed by atoms with van der Waals surface area (Å²) >= 11 is 0. The first-order valence-electron chi connectivity index (χ1n) is 4.17. The highest BCUT2D eigenvalue weighted by Gasteiger charge is 2.27. The highest BCUT2D eigenvalue weighted by molar-refractivity contribution is 5.78. The average Bonchev–Trinajstić information content (AvgIpc) is 2.54. The standard InChI is InChI=1S/C6H12O2.C3H4O2/c1-3-6(2)7-4-5-8-6;1-2-3(4)5/h3-5H2,1-2H3;2H,1H2,(H,4,5). The van der Waals surface area contributed by atoms with Crippen molar-refractivity contribution in [3.8, 4) is 0 Å². The highest BCUT2D eigenvalue weighted by Crippen LogP contribution is 2.21. The Morgan fingerprint density at radius 2 is 2.00 bits per heavy atom. The molecule has 1 rings (SSSR count). The van der Waals surface area contributed by atoms with Gasteiger partial charge in [-0.1, -0.05) is 13.5 Å². The van der Waals surface area contributed by atoms with Crippen molar-refractivity contribution >= 4 is 5.97 Å². The fourth-order valence-electron chi connectivity index (χ4n) is 0.761. The van der Waals surface area contributed by atoms with Gasteiger partial charge in [-0.15, -0.1) is 0 Å². The van der Waals surface area contributed by atoms with Crippen LogP contribution >= 0.6 is 0 Å². The summed E-state index contributed by atoms with van der Waals surface area (Å²) in [5.74, 6) is -1.25. The molecule has 0 aromatic rings. The summed E-state index contributed by atoms with van der Waals surface area (Å²) in [5, 5.41) is 7.60. The van der Waals surface area contributed by atoms with Crippen LogP contribution in [0.25, 0.3) is 0 Å². The van der Waals surface area contributed by atoms with E-state index in [2.05, 4.69) is 13.5 Å². The number of carboxylic acids is 1. The Balaban J connectivity index is 0.000000252. The van der Waals surface area contributed by atoms with E-state index in [9.17, 15) is 4.79 Å². The predicted octanol–water partition coefficient (Wildman–Crippen LogP) is 1.42. The minimum Gasteiger partial charge on any atom is -0.478 e. The van der Waals surface area contributed by atoms with Gasteiger partial charge in [0.25, 0.3) is 0 Å². The summed E-state index contributed by atoms with van der Waals surface area (Å²) in [4.78, 5) is 9.25. The van der Waals surface area contributed by atoms with Gasteiger partial charge in [-0.2, -0.15) is 0 Å². The van der Waals surface area contributed by atoms with Crippen LogP contribution in [-0.2, 0) is 14.3 Å². The van der Waals surface area contributed by atoms with Gasteiger partial charge in [-0.25, -0.2) is 4.79 Å². The molecular weight excluding hydrogens is 172 g/mol. The number of hydrogen-bond donors (Lipinski definition) is 1. The van der Waals surface area contributed by atoms with Crippen molar-refractivity contribution in [2.75, 3.05) is 13.2 Å². The first kappa shape index (κ1) is 12.1. The fraction of sp³-hybridized carbons (Fsp3) is 0.667. The number of carboxylic acid groups (broad SMARTS) is 1. The summed E-state index contributed by atoms with van der Waals surface area (Å²) in [5.41, 5.74) is 0. The first-order valence-corrected chi connectivity index (χ1v) is 4.17. The monoisotopic (exact) mass is 188 g/mol. The lowest BCUT2D eigenvalue weighted by atomic mass is 10.2. The maximum Gasteiger partial charge on any atom is 0.327 e. The largest absolute Gasteiger partial charge is 0.478 e. The molecule has 0 radical (unpaired) electrons. The van der Waals surface area contributed by atoms with Crippen molar-refractivity contribution in [1.82, 2.24) is 0 Å². The second-order valence-corrected chi connectivity index (χ2v) is 2.73. The molecule has 0 bridgehead atoms. The van der Waals surface area contributed by atoms with Crippen molar-refractivity contribution in [1.29, 1.82) is 0 Å². The molecule has 1 heterocycles. The smallest absolute Gasteiger partial charge is 0.327 e. The number of ether oxygens (including phenoxy) is 2. The molecule has 1 saturated heterocycles. The van der Waals surface area contributed by atoms with E-state index < -0.39 is 5.97 Å². The van der Waals surface area contributed by atoms with Crippen molar-refractivity contribution in [3.63, 3.8) is 0 Å². The van der Waals surface area contributed by atoms with Crippen molar-refractivity contribution in [3.05, 3.63) is 12.7 Å². The summed E-state index contributed by atoms with van der Waals surface area (Å²) in [6.07, 6.45) is 1.77. The molecule has 76 valence electrons. The van der Waals surface area contributed by atoms with Crippen LogP contribution < -0.4 is 0 Å². The van der Waals surface area contributed by atoms with Gasteiger partial charge in [0.05, 0.1) is 13.2 Å². The van der Waals surface area contributed by atoms with Gasteiger partial charge in [0.15, 0.2) is 5.79 Å². The molecular formula is C9H16O4. The lowest BCUT2D eigenvalue weighted by Crippen LogP contribution is -2.23. The van der Waals surface area contributed by atoms with Crippen LogP contribution in [0, 0.1) is 0 Å². The molecule has 0 saturated carbocycles. The van der Waals surface area contributed by atoms with Crippen LogP contribution in [0.4, 0.5) is 0 Å². The second-order valence-electron chi connectivity index (χ2n) is 2.73. The van der Waals surface area contributed by atoms with E-state index in [1.807, 2.05) is 6.92 Å². The minimum atomic E-state index is -0.981. The van der Waals surface area contributed by atoms with E-state index in [-0.39, 0.29) is 5.79 Å². The zero-order valence-electron chi connectivity index (χ0n) is 8.08. The van der Waals surface area contributed by atoms with E-state index in [4.69, 9.17) is 14.6 Å². The molecule has 0 amide bonds. The zero-order valence-corrected chi connectivity index (χ0v) is 8.08. The molecule has 4 nitrogen and oxygen atoms in total. The van der Waals surface area contributed by atoms with Crippen LogP contribution in [0.1, 0.15) is 20.3 Å². The molecule has 0 aromatic carbocycles. The van der Waals surface area contributed by atoms with E-state index >= 15 is 0 Å². The van der Waals surface area contributed by atoms with E-state index in [0.29, 0.717) is 0 Å². The van der Waals surface area contributed by atoms with Crippen molar-refractivity contribution < 1.29 is 19.4 Å². The predicted molar refractivity (Wildman–Crippen MR) is 48.4 cm³/mol. The number of hydrogen-bond acceptors (Lipinski definition) is 3. The maximum atomic E-state index is 9.25. The third-order valence-electron chi connectivity index (χ3n) is 1.71. The van der Waals surface area contributed by atoms with Gasteiger partial charge >= 0.3 is 5.97 Å². The van der Waals surface area contributed by atoms with Gasteiger partial charge in [-0.05, 0) is 13.3 Å². The van der Waals surface area contributed by atoms with Gasteiger partial charge in [0.2, 0.25) is 0 Å². The summed E-state index contributed by atoms with van der Waals surface area (Å²) in [6, 6.07) is 0. The summed E-state index contributed by atoms with van der Waals surface area (Å²) in [7, 11) is 0. The SMILES string of the molecule is C=CC(=O)O.CCC1(C)OCCO1. The molecule has 1 aliphatic rings. The zero-order chi connectivity index (χ0) is 10.3. The Labute approximate surface area is 78.2 Å². The third-order valence-corrected chi connectivity index (χ3v) is 1.71. The summed E-state index contributed by atoms with van der Waals surface area (Å²) in [6.45, 7) is 8.50. The van der Waals surface area contributed by atoms with E-state index in [1.165, 1.54) is 0 Å². The van der Waals surface area contributed by atoms with E-state index in [1.54, 1.807) is 0 Å². The van der Waals surface area contributed by atoms with Crippen molar-refractivity contribution in [2.24, 2.45) is 0 Å². The normalized spacial score (nSPS) is 18.6. The topological polar surface area (TPSA) is 55.8 Å². The lowest BCUT2D eigenvalue weighted by molar-refractivity contribution is -0.143. The molecule has 0 unspecified atom stereocenters. The number of rotatable bonds is 2. The Bertz CT molecular complexity index is 170. The minimum absolute atomic E-state index is 0.264. The maximum absolute atomic E-state index is 9.25. The van der Waals surface area contributed by atoms with Crippen molar-refractivity contribution in [2.45, 2.75) is 26.1 Å². The lowest BCUT2D eigenvalue weighted by Gasteiger charge is -2.18. The Kier molecular flexibility index (Phi) is 5.34. The Morgan fingerprint density at radius 3 is 2.15 bits per heavy atom. The molecule has 4 heteroatoms. The van der Waals surface area contributed by atoms with Crippen LogP contribution in [0.15, 0.2) is 12.7 Å². The molecule has 1 aliphatic heterocycles. The van der Waals surface area contributed by atoms with Gasteiger partial charge in [0, 0.05) is 6.08 Å². The van der Waals surface area contributed by atoms with Crippen LogP contribution in [-0.4, -0.2) is 30.1 Å². The van der Waals surface area contributed by atoms with Crippen LogP contribution in [0.2, 0.25) is 0 Å². The second kappa shape index (κ2) is 5.72. The summed E-state index contributed by atoms with van der Waals surface area (Å²) < 4.78 is 10.5. The quantitative estimate of drug-likeness (QED) is 0.666. The molecule has 0 aromatic heterocycles. The Morgan fingerprint density at radius 1 is 1.62 bits per heavy atom. The highest BCUT2D eigenvalue weighted by atomic mass is 16.7. The molecule has 0 aliphatic carbocycles. The van der Waals surface area contributed by atoms with Crippen LogP contribution in [0.5, 0.6) is 0 Å².